The summed E-state index contributed by atoms with van der Waals surface area (Å²) in [6.45, 7) is 0. The average molecular weight is 211 g/mol. The third-order valence-corrected chi connectivity index (χ3v) is 2.52. The number of fused-ring (bicyclic) bond motifs is 1. The number of benzene rings is 1. The normalized spacial score (nSPS) is 10.8. The van der Waals surface area contributed by atoms with Gasteiger partial charge in [0.05, 0.1) is 11.2 Å². The third kappa shape index (κ3) is 1.24. The molecular formula is C12H9N3O. The Labute approximate surface area is 91.2 Å². The van der Waals surface area contributed by atoms with Gasteiger partial charge in [0.2, 0.25) is 0 Å². The molecule has 0 fully saturated rings. The highest BCUT2D eigenvalue weighted by molar-refractivity contribution is 5.86. The molecule has 0 bridgehead atoms. The van der Waals surface area contributed by atoms with E-state index in [-0.39, 0.29) is 5.69 Å². The maximum absolute atomic E-state index is 11.5. The highest BCUT2D eigenvalue weighted by atomic mass is 16.1. The van der Waals surface area contributed by atoms with Gasteiger partial charge in [-0.2, -0.15) is 0 Å². The van der Waals surface area contributed by atoms with E-state index in [0.717, 1.165) is 16.6 Å². The summed E-state index contributed by atoms with van der Waals surface area (Å²) >= 11 is 0. The van der Waals surface area contributed by atoms with Crippen LogP contribution in [0.4, 0.5) is 0 Å². The Hall–Kier alpha value is -2.36. The SMILES string of the molecule is O=c1[nH]ccn1-c1cccc2cccnc12. The fourth-order valence-electron chi connectivity index (χ4n) is 1.79. The van der Waals surface area contributed by atoms with E-state index in [4.69, 9.17) is 0 Å². The summed E-state index contributed by atoms with van der Waals surface area (Å²) in [4.78, 5) is 18.5. The molecule has 0 aliphatic rings. The first-order valence-corrected chi connectivity index (χ1v) is 4.96. The van der Waals surface area contributed by atoms with Crippen molar-refractivity contribution in [2.45, 2.75) is 0 Å². The molecular weight excluding hydrogens is 202 g/mol. The number of para-hydroxylation sites is 1. The number of hydrogen-bond acceptors (Lipinski definition) is 2. The zero-order valence-electron chi connectivity index (χ0n) is 8.42. The maximum atomic E-state index is 11.5. The van der Waals surface area contributed by atoms with Crippen LogP contribution >= 0.6 is 0 Å². The van der Waals surface area contributed by atoms with Crippen LogP contribution in [0.25, 0.3) is 16.6 Å². The van der Waals surface area contributed by atoms with E-state index in [2.05, 4.69) is 9.97 Å². The maximum Gasteiger partial charge on any atom is 0.330 e. The van der Waals surface area contributed by atoms with Gasteiger partial charge in [0.1, 0.15) is 0 Å². The molecule has 2 aromatic heterocycles. The van der Waals surface area contributed by atoms with E-state index in [0.29, 0.717) is 0 Å². The van der Waals surface area contributed by atoms with Crippen LogP contribution in [0.15, 0.2) is 53.7 Å². The van der Waals surface area contributed by atoms with Gasteiger partial charge in [0.25, 0.3) is 0 Å². The Morgan fingerprint density at radius 1 is 1.19 bits per heavy atom. The van der Waals surface area contributed by atoms with Crippen LogP contribution in [-0.2, 0) is 0 Å². The second-order valence-corrected chi connectivity index (χ2v) is 3.49. The van der Waals surface area contributed by atoms with Gasteiger partial charge in [-0.25, -0.2) is 4.79 Å². The lowest BCUT2D eigenvalue weighted by Gasteiger charge is -2.04. The standard InChI is InChI=1S/C12H9N3O/c16-12-14-7-8-15(12)10-5-1-3-9-4-2-6-13-11(9)10/h1-8H,(H,14,16). The van der Waals surface area contributed by atoms with E-state index in [1.807, 2.05) is 30.3 Å². The van der Waals surface area contributed by atoms with Crippen LogP contribution in [-0.4, -0.2) is 14.5 Å². The van der Waals surface area contributed by atoms with Crippen molar-refractivity contribution in [1.82, 2.24) is 14.5 Å². The summed E-state index contributed by atoms with van der Waals surface area (Å²) in [6.07, 6.45) is 5.04. The highest BCUT2D eigenvalue weighted by Gasteiger charge is 2.05. The number of pyridine rings is 1. The molecule has 4 nitrogen and oxygen atoms in total. The molecule has 4 heteroatoms. The molecule has 3 rings (SSSR count). The zero-order valence-corrected chi connectivity index (χ0v) is 8.42. The Morgan fingerprint density at radius 3 is 2.88 bits per heavy atom. The van der Waals surface area contributed by atoms with E-state index >= 15 is 0 Å². The molecule has 0 saturated carbocycles. The van der Waals surface area contributed by atoms with Crippen molar-refractivity contribution in [3.8, 4) is 5.69 Å². The Balaban J connectivity index is 2.41. The van der Waals surface area contributed by atoms with Gasteiger partial charge >= 0.3 is 5.69 Å². The van der Waals surface area contributed by atoms with Crippen molar-refractivity contribution in [2.24, 2.45) is 0 Å². The molecule has 16 heavy (non-hydrogen) atoms. The second-order valence-electron chi connectivity index (χ2n) is 3.49. The number of aromatic amines is 1. The van der Waals surface area contributed by atoms with Crippen LogP contribution in [0.1, 0.15) is 0 Å². The van der Waals surface area contributed by atoms with Crippen molar-refractivity contribution in [1.29, 1.82) is 0 Å². The van der Waals surface area contributed by atoms with Crippen LogP contribution < -0.4 is 5.69 Å². The van der Waals surface area contributed by atoms with E-state index in [9.17, 15) is 4.79 Å². The second kappa shape index (κ2) is 3.34. The lowest BCUT2D eigenvalue weighted by molar-refractivity contribution is 0.992. The first kappa shape index (κ1) is 8.91. The topological polar surface area (TPSA) is 50.7 Å². The summed E-state index contributed by atoms with van der Waals surface area (Å²) in [6, 6.07) is 9.63. The molecule has 1 N–H and O–H groups in total. The van der Waals surface area contributed by atoms with Gasteiger partial charge in [-0.3, -0.25) is 9.55 Å². The van der Waals surface area contributed by atoms with Crippen molar-refractivity contribution in [3.05, 3.63) is 59.4 Å². The minimum Gasteiger partial charge on any atom is -0.312 e. The minimum absolute atomic E-state index is 0.154. The largest absolute Gasteiger partial charge is 0.330 e. The molecule has 0 amide bonds. The Bertz CT molecular complexity index is 691. The summed E-state index contributed by atoms with van der Waals surface area (Å²) in [5, 5.41) is 1.02. The van der Waals surface area contributed by atoms with Crippen LogP contribution in [0.5, 0.6) is 0 Å². The molecule has 0 unspecified atom stereocenters. The molecule has 0 saturated heterocycles. The minimum atomic E-state index is -0.154. The van der Waals surface area contributed by atoms with Gasteiger partial charge in [-0.05, 0) is 12.1 Å². The molecule has 2 heterocycles. The first-order valence-electron chi connectivity index (χ1n) is 4.96. The summed E-state index contributed by atoms with van der Waals surface area (Å²) in [7, 11) is 0. The molecule has 1 aromatic carbocycles. The smallest absolute Gasteiger partial charge is 0.312 e. The Kier molecular flexibility index (Phi) is 1.86. The average Bonchev–Trinajstić information content (AvgIpc) is 2.75. The lowest BCUT2D eigenvalue weighted by Crippen LogP contribution is -2.14. The molecule has 0 aliphatic heterocycles. The fourth-order valence-corrected chi connectivity index (χ4v) is 1.79. The number of imidazole rings is 1. The quantitative estimate of drug-likeness (QED) is 0.666. The number of nitrogens with one attached hydrogen (secondary N) is 1. The van der Waals surface area contributed by atoms with Crippen LogP contribution in [0, 0.1) is 0 Å². The lowest BCUT2D eigenvalue weighted by atomic mass is 10.2. The number of nitrogens with zero attached hydrogens (tertiary/aromatic N) is 2. The van der Waals surface area contributed by atoms with Crippen molar-refractivity contribution >= 4 is 10.9 Å². The number of aromatic nitrogens is 3. The molecule has 0 spiro atoms. The predicted octanol–water partition coefficient (Wildman–Crippen LogP) is 1.71. The van der Waals surface area contributed by atoms with Gasteiger partial charge in [-0.15, -0.1) is 0 Å². The zero-order chi connectivity index (χ0) is 11.0. The number of hydrogen-bond donors (Lipinski definition) is 1. The highest BCUT2D eigenvalue weighted by Crippen LogP contribution is 2.18. The molecule has 0 aliphatic carbocycles. The van der Waals surface area contributed by atoms with E-state index < -0.39 is 0 Å². The molecule has 0 radical (unpaired) electrons. The summed E-state index contributed by atoms with van der Waals surface area (Å²) in [5.74, 6) is 0. The molecule has 78 valence electrons. The van der Waals surface area contributed by atoms with Crippen molar-refractivity contribution in [2.75, 3.05) is 0 Å². The molecule has 3 aromatic rings. The van der Waals surface area contributed by atoms with Gasteiger partial charge < -0.3 is 4.98 Å². The summed E-state index contributed by atoms with van der Waals surface area (Å²) < 4.78 is 1.55. The van der Waals surface area contributed by atoms with E-state index in [1.165, 1.54) is 0 Å². The number of rotatable bonds is 1. The Morgan fingerprint density at radius 2 is 2.06 bits per heavy atom. The van der Waals surface area contributed by atoms with Gasteiger partial charge in [0, 0.05) is 24.0 Å². The predicted molar refractivity (Wildman–Crippen MR) is 61.7 cm³/mol. The molecule has 0 atom stereocenters. The summed E-state index contributed by atoms with van der Waals surface area (Å²) in [5.41, 5.74) is 1.47. The van der Waals surface area contributed by atoms with Gasteiger partial charge in [-0.1, -0.05) is 18.2 Å². The van der Waals surface area contributed by atoms with Crippen molar-refractivity contribution < 1.29 is 0 Å². The first-order chi connectivity index (χ1) is 7.86. The monoisotopic (exact) mass is 211 g/mol. The fraction of sp³-hybridized carbons (Fsp3) is 0. The van der Waals surface area contributed by atoms with Crippen molar-refractivity contribution in [3.63, 3.8) is 0 Å². The van der Waals surface area contributed by atoms with Crippen LogP contribution in [0.2, 0.25) is 0 Å². The third-order valence-electron chi connectivity index (χ3n) is 2.52. The van der Waals surface area contributed by atoms with Gasteiger partial charge in [0.15, 0.2) is 0 Å². The number of H-pyrrole nitrogens is 1. The van der Waals surface area contributed by atoms with Crippen LogP contribution in [0.3, 0.4) is 0 Å². The van der Waals surface area contributed by atoms with E-state index in [1.54, 1.807) is 23.2 Å².